The SMILES string of the molecule is CCN(CC)C(C)(CC)C(=O)c1ccnn1CC. The van der Waals surface area contributed by atoms with E-state index in [2.05, 4.69) is 30.8 Å². The second-order valence-corrected chi connectivity index (χ2v) is 4.66. The van der Waals surface area contributed by atoms with E-state index in [9.17, 15) is 4.79 Å². The zero-order valence-corrected chi connectivity index (χ0v) is 12.2. The van der Waals surface area contributed by atoms with Crippen molar-refractivity contribution >= 4 is 5.78 Å². The van der Waals surface area contributed by atoms with Crippen LogP contribution < -0.4 is 0 Å². The van der Waals surface area contributed by atoms with Crippen LogP contribution in [0.25, 0.3) is 0 Å². The van der Waals surface area contributed by atoms with Crippen LogP contribution in [0.2, 0.25) is 0 Å². The predicted octanol–water partition coefficient (Wildman–Crippen LogP) is 2.60. The van der Waals surface area contributed by atoms with E-state index in [4.69, 9.17) is 0 Å². The summed E-state index contributed by atoms with van der Waals surface area (Å²) in [6.07, 6.45) is 2.51. The van der Waals surface area contributed by atoms with E-state index in [1.54, 1.807) is 10.9 Å². The van der Waals surface area contributed by atoms with E-state index in [-0.39, 0.29) is 5.78 Å². The van der Waals surface area contributed by atoms with Crippen molar-refractivity contribution in [3.63, 3.8) is 0 Å². The molecule has 0 amide bonds. The third-order valence-corrected chi connectivity index (χ3v) is 3.89. The molecule has 102 valence electrons. The van der Waals surface area contributed by atoms with Gasteiger partial charge in [0.25, 0.3) is 0 Å². The highest BCUT2D eigenvalue weighted by molar-refractivity contribution is 6.01. The number of aromatic nitrogens is 2. The fraction of sp³-hybridized carbons (Fsp3) is 0.714. The quantitative estimate of drug-likeness (QED) is 0.699. The van der Waals surface area contributed by atoms with E-state index < -0.39 is 5.54 Å². The molecule has 0 N–H and O–H groups in total. The molecule has 0 fully saturated rings. The summed E-state index contributed by atoms with van der Waals surface area (Å²) >= 11 is 0. The van der Waals surface area contributed by atoms with Crippen molar-refractivity contribution in [2.24, 2.45) is 0 Å². The van der Waals surface area contributed by atoms with E-state index in [1.807, 2.05) is 19.9 Å². The largest absolute Gasteiger partial charge is 0.291 e. The highest BCUT2D eigenvalue weighted by Gasteiger charge is 2.38. The van der Waals surface area contributed by atoms with Crippen molar-refractivity contribution in [3.8, 4) is 0 Å². The lowest BCUT2D eigenvalue weighted by Gasteiger charge is -2.38. The highest BCUT2D eigenvalue weighted by atomic mass is 16.1. The summed E-state index contributed by atoms with van der Waals surface area (Å²) in [5, 5.41) is 4.19. The lowest BCUT2D eigenvalue weighted by molar-refractivity contribution is 0.0596. The molecule has 0 aliphatic heterocycles. The number of ketones is 1. The van der Waals surface area contributed by atoms with Gasteiger partial charge in [0.15, 0.2) is 0 Å². The molecule has 0 radical (unpaired) electrons. The van der Waals surface area contributed by atoms with Crippen LogP contribution in [-0.4, -0.2) is 39.1 Å². The van der Waals surface area contributed by atoms with Crippen molar-refractivity contribution < 1.29 is 4.79 Å². The molecule has 0 bridgehead atoms. The summed E-state index contributed by atoms with van der Waals surface area (Å²) in [5.41, 5.74) is 0.282. The molecule has 1 unspecified atom stereocenters. The fourth-order valence-electron chi connectivity index (χ4n) is 2.50. The van der Waals surface area contributed by atoms with Crippen LogP contribution in [0.4, 0.5) is 0 Å². The lowest BCUT2D eigenvalue weighted by Crippen LogP contribution is -2.52. The van der Waals surface area contributed by atoms with Gasteiger partial charge in [0.1, 0.15) is 5.69 Å². The number of hydrogen-bond acceptors (Lipinski definition) is 3. The average Bonchev–Trinajstić information content (AvgIpc) is 2.86. The van der Waals surface area contributed by atoms with Crippen LogP contribution in [0.15, 0.2) is 12.3 Å². The molecule has 0 spiro atoms. The Bertz CT molecular complexity index is 395. The van der Waals surface area contributed by atoms with Crippen molar-refractivity contribution in [2.45, 2.75) is 53.1 Å². The minimum atomic E-state index is -0.434. The number of likely N-dealkylation sites (N-methyl/N-ethyl adjacent to an activating group) is 1. The van der Waals surface area contributed by atoms with Crippen molar-refractivity contribution in [1.82, 2.24) is 14.7 Å². The third-order valence-electron chi connectivity index (χ3n) is 3.89. The number of hydrogen-bond donors (Lipinski definition) is 0. The van der Waals surface area contributed by atoms with Gasteiger partial charge in [0, 0.05) is 12.7 Å². The highest BCUT2D eigenvalue weighted by Crippen LogP contribution is 2.24. The second kappa shape index (κ2) is 6.14. The number of carbonyl (C=O) groups is 1. The van der Waals surface area contributed by atoms with Crippen molar-refractivity contribution in [3.05, 3.63) is 18.0 Å². The maximum absolute atomic E-state index is 12.8. The number of aryl methyl sites for hydroxylation is 1. The summed E-state index contributed by atoms with van der Waals surface area (Å²) in [6.45, 7) is 12.8. The minimum absolute atomic E-state index is 0.174. The Balaban J connectivity index is 3.12. The molecule has 1 atom stereocenters. The van der Waals surface area contributed by atoms with Crippen LogP contribution in [0.1, 0.15) is 51.5 Å². The van der Waals surface area contributed by atoms with Gasteiger partial charge in [0.05, 0.1) is 5.54 Å². The van der Waals surface area contributed by atoms with Gasteiger partial charge in [-0.05, 0) is 39.4 Å². The standard InChI is InChI=1S/C14H25N3O/c1-6-14(5,16(7-2)8-3)13(18)12-10-11-15-17(12)9-4/h10-11H,6-9H2,1-5H3. The second-order valence-electron chi connectivity index (χ2n) is 4.66. The van der Waals surface area contributed by atoms with Gasteiger partial charge in [-0.15, -0.1) is 0 Å². The zero-order chi connectivity index (χ0) is 13.8. The number of rotatable bonds is 7. The Morgan fingerprint density at radius 2 is 1.94 bits per heavy atom. The normalized spacial score (nSPS) is 14.8. The predicted molar refractivity (Wildman–Crippen MR) is 73.8 cm³/mol. The molecule has 0 aliphatic carbocycles. The Kier molecular flexibility index (Phi) is 5.08. The van der Waals surface area contributed by atoms with Crippen LogP contribution in [0.5, 0.6) is 0 Å². The van der Waals surface area contributed by atoms with Gasteiger partial charge in [-0.3, -0.25) is 14.4 Å². The summed E-state index contributed by atoms with van der Waals surface area (Å²) in [7, 11) is 0. The number of nitrogens with zero attached hydrogens (tertiary/aromatic N) is 3. The molecule has 0 saturated heterocycles. The first-order chi connectivity index (χ1) is 8.54. The third kappa shape index (κ3) is 2.48. The van der Waals surface area contributed by atoms with Crippen LogP contribution in [-0.2, 0) is 6.54 Å². The first-order valence-electron chi connectivity index (χ1n) is 6.86. The van der Waals surface area contributed by atoms with E-state index >= 15 is 0 Å². The van der Waals surface area contributed by atoms with Gasteiger partial charge < -0.3 is 0 Å². The molecular formula is C14H25N3O. The molecule has 4 heteroatoms. The molecule has 0 aromatic carbocycles. The fourth-order valence-corrected chi connectivity index (χ4v) is 2.50. The van der Waals surface area contributed by atoms with Gasteiger partial charge in [-0.1, -0.05) is 20.8 Å². The molecule has 0 aliphatic rings. The van der Waals surface area contributed by atoms with Crippen molar-refractivity contribution in [1.29, 1.82) is 0 Å². The molecule has 1 aromatic heterocycles. The van der Waals surface area contributed by atoms with Crippen LogP contribution in [0, 0.1) is 0 Å². The Morgan fingerprint density at radius 3 is 2.39 bits per heavy atom. The van der Waals surface area contributed by atoms with Gasteiger partial charge in [-0.2, -0.15) is 5.10 Å². The van der Waals surface area contributed by atoms with E-state index in [0.717, 1.165) is 26.1 Å². The molecule has 1 aromatic rings. The molecule has 1 rings (SSSR count). The minimum Gasteiger partial charge on any atom is -0.291 e. The maximum Gasteiger partial charge on any atom is 0.200 e. The molecular weight excluding hydrogens is 226 g/mol. The van der Waals surface area contributed by atoms with E-state index in [1.165, 1.54) is 0 Å². The number of carbonyl (C=O) groups excluding carboxylic acids is 1. The smallest absolute Gasteiger partial charge is 0.200 e. The molecule has 18 heavy (non-hydrogen) atoms. The summed E-state index contributed by atoms with van der Waals surface area (Å²) < 4.78 is 1.78. The average molecular weight is 251 g/mol. The molecule has 0 saturated carbocycles. The van der Waals surface area contributed by atoms with Crippen molar-refractivity contribution in [2.75, 3.05) is 13.1 Å². The Hall–Kier alpha value is -1.16. The van der Waals surface area contributed by atoms with Gasteiger partial charge in [0.2, 0.25) is 5.78 Å². The summed E-state index contributed by atoms with van der Waals surface area (Å²) in [5.74, 6) is 0.174. The maximum atomic E-state index is 12.8. The first kappa shape index (κ1) is 14.9. The molecule has 4 nitrogen and oxygen atoms in total. The van der Waals surface area contributed by atoms with Gasteiger partial charge >= 0.3 is 0 Å². The Morgan fingerprint density at radius 1 is 1.33 bits per heavy atom. The molecule has 1 heterocycles. The van der Waals surface area contributed by atoms with Gasteiger partial charge in [-0.25, -0.2) is 0 Å². The Labute approximate surface area is 110 Å². The monoisotopic (exact) mass is 251 g/mol. The van der Waals surface area contributed by atoms with Crippen LogP contribution in [0.3, 0.4) is 0 Å². The zero-order valence-electron chi connectivity index (χ0n) is 12.2. The number of Topliss-reactive ketones (excluding diaryl/α,β-unsaturated/α-hetero) is 1. The van der Waals surface area contributed by atoms with Crippen LogP contribution >= 0.6 is 0 Å². The lowest BCUT2D eigenvalue weighted by atomic mass is 9.89. The summed E-state index contributed by atoms with van der Waals surface area (Å²) in [4.78, 5) is 15.0. The van der Waals surface area contributed by atoms with E-state index in [0.29, 0.717) is 5.69 Å². The topological polar surface area (TPSA) is 38.1 Å². The summed E-state index contributed by atoms with van der Waals surface area (Å²) in [6, 6.07) is 1.82. The first-order valence-corrected chi connectivity index (χ1v) is 6.86.